The highest BCUT2D eigenvalue weighted by molar-refractivity contribution is 6.02. The minimum atomic E-state index is -0.671. The molecule has 4 aromatic rings. The lowest BCUT2D eigenvalue weighted by Crippen LogP contribution is -2.27. The SMILES string of the molecule is CCOc1ccc(-c2cn([C@@H]3OC[C@H]4OC(C)(C)O[C@@H]34)c3ncnc(Nc4ccc(C#N)cc4)c23)cc1. The zero-order chi connectivity index (χ0) is 25.6. The number of nitrogens with one attached hydrogen (secondary N) is 1. The van der Waals surface area contributed by atoms with Crippen LogP contribution in [0.5, 0.6) is 5.75 Å². The zero-order valence-corrected chi connectivity index (χ0v) is 20.8. The number of nitriles is 1. The van der Waals surface area contributed by atoms with Crippen molar-refractivity contribution in [2.24, 2.45) is 0 Å². The molecule has 2 aromatic heterocycles. The number of fused-ring (bicyclic) bond motifs is 2. The number of ether oxygens (including phenoxy) is 4. The van der Waals surface area contributed by atoms with E-state index in [4.69, 9.17) is 24.2 Å². The second kappa shape index (κ2) is 9.16. The Morgan fingerprint density at radius 1 is 1.11 bits per heavy atom. The first-order valence-corrected chi connectivity index (χ1v) is 12.3. The summed E-state index contributed by atoms with van der Waals surface area (Å²) in [5.74, 6) is 0.786. The predicted octanol–water partition coefficient (Wildman–Crippen LogP) is 5.16. The Morgan fingerprint density at radius 3 is 2.62 bits per heavy atom. The number of benzene rings is 2. The van der Waals surface area contributed by atoms with Crippen LogP contribution in [0.4, 0.5) is 11.5 Å². The molecule has 2 aliphatic rings. The third-order valence-electron chi connectivity index (χ3n) is 6.57. The van der Waals surface area contributed by atoms with Gasteiger partial charge in [0.2, 0.25) is 0 Å². The summed E-state index contributed by atoms with van der Waals surface area (Å²) in [5, 5.41) is 13.4. The van der Waals surface area contributed by atoms with Gasteiger partial charge in [-0.3, -0.25) is 0 Å². The van der Waals surface area contributed by atoms with Gasteiger partial charge in [0, 0.05) is 17.4 Å². The smallest absolute Gasteiger partial charge is 0.164 e. The van der Waals surface area contributed by atoms with Crippen LogP contribution < -0.4 is 10.1 Å². The van der Waals surface area contributed by atoms with Crippen molar-refractivity contribution in [3.63, 3.8) is 0 Å². The van der Waals surface area contributed by atoms with Crippen LogP contribution in [-0.2, 0) is 14.2 Å². The van der Waals surface area contributed by atoms with Crippen molar-refractivity contribution in [3.8, 4) is 22.9 Å². The molecule has 37 heavy (non-hydrogen) atoms. The van der Waals surface area contributed by atoms with Gasteiger partial charge in [-0.05, 0) is 62.7 Å². The van der Waals surface area contributed by atoms with Crippen LogP contribution in [0.2, 0.25) is 0 Å². The van der Waals surface area contributed by atoms with Crippen LogP contribution in [-0.4, -0.2) is 45.7 Å². The van der Waals surface area contributed by atoms with Gasteiger partial charge in [0.1, 0.15) is 35.7 Å². The van der Waals surface area contributed by atoms with E-state index in [1.54, 1.807) is 12.1 Å². The fourth-order valence-electron chi connectivity index (χ4n) is 5.02. The molecule has 0 bridgehead atoms. The maximum Gasteiger partial charge on any atom is 0.164 e. The van der Waals surface area contributed by atoms with Crippen LogP contribution in [0.1, 0.15) is 32.6 Å². The molecule has 0 spiro atoms. The summed E-state index contributed by atoms with van der Waals surface area (Å²) < 4.78 is 26.1. The molecule has 0 aliphatic carbocycles. The Hall–Kier alpha value is -3.97. The first kappa shape index (κ1) is 23.4. The van der Waals surface area contributed by atoms with Gasteiger partial charge in [-0.1, -0.05) is 12.1 Å². The van der Waals surface area contributed by atoms with E-state index in [9.17, 15) is 0 Å². The number of rotatable bonds is 6. The standard InChI is InChI=1S/C28H27N5O4/c1-4-34-20-11-7-18(8-12-20)21-14-33(27-24-22(15-35-27)36-28(2,3)37-24)26-23(21)25(30-16-31-26)32-19-9-5-17(13-29)6-10-19/h5-12,14,16,22,24,27H,4,15H2,1-3H3,(H,30,31,32)/t22-,24-,27-/m1/s1. The molecular formula is C28H27N5O4. The summed E-state index contributed by atoms with van der Waals surface area (Å²) in [6.07, 6.45) is 2.77. The molecule has 2 aliphatic heterocycles. The Kier molecular flexibility index (Phi) is 5.80. The summed E-state index contributed by atoms with van der Waals surface area (Å²) in [7, 11) is 0. The second-order valence-corrected chi connectivity index (χ2v) is 9.50. The molecule has 9 nitrogen and oxygen atoms in total. The third-order valence-corrected chi connectivity index (χ3v) is 6.57. The molecule has 0 amide bonds. The van der Waals surface area contributed by atoms with Gasteiger partial charge in [0.05, 0.1) is 30.2 Å². The van der Waals surface area contributed by atoms with Gasteiger partial charge in [-0.2, -0.15) is 5.26 Å². The van der Waals surface area contributed by atoms with E-state index in [2.05, 4.69) is 21.4 Å². The highest BCUT2D eigenvalue weighted by Gasteiger charge is 2.51. The number of aromatic nitrogens is 3. The molecule has 0 saturated carbocycles. The summed E-state index contributed by atoms with van der Waals surface area (Å²) in [6, 6.07) is 17.4. The fourth-order valence-corrected chi connectivity index (χ4v) is 5.02. The lowest BCUT2D eigenvalue weighted by atomic mass is 10.1. The molecule has 6 rings (SSSR count). The van der Waals surface area contributed by atoms with Crippen LogP contribution >= 0.6 is 0 Å². The molecule has 9 heteroatoms. The number of anilines is 2. The minimum absolute atomic E-state index is 0.149. The third kappa shape index (κ3) is 4.29. The van der Waals surface area contributed by atoms with E-state index >= 15 is 0 Å². The Bertz CT molecular complexity index is 1470. The molecule has 4 heterocycles. The van der Waals surface area contributed by atoms with Crippen LogP contribution in [0, 0.1) is 11.3 Å². The monoisotopic (exact) mass is 497 g/mol. The molecule has 2 fully saturated rings. The molecule has 3 atom stereocenters. The summed E-state index contributed by atoms with van der Waals surface area (Å²) in [5.41, 5.74) is 4.06. The Morgan fingerprint density at radius 2 is 1.89 bits per heavy atom. The number of nitrogens with zero attached hydrogens (tertiary/aromatic N) is 4. The highest BCUT2D eigenvalue weighted by atomic mass is 16.8. The summed E-state index contributed by atoms with van der Waals surface area (Å²) >= 11 is 0. The van der Waals surface area contributed by atoms with Crippen molar-refractivity contribution in [2.45, 2.75) is 45.0 Å². The van der Waals surface area contributed by atoms with Crippen molar-refractivity contribution in [1.82, 2.24) is 14.5 Å². The van der Waals surface area contributed by atoms with Gasteiger partial charge < -0.3 is 28.8 Å². The second-order valence-electron chi connectivity index (χ2n) is 9.50. The van der Waals surface area contributed by atoms with E-state index in [0.29, 0.717) is 30.2 Å². The van der Waals surface area contributed by atoms with Crippen molar-refractivity contribution in [2.75, 3.05) is 18.5 Å². The number of hydrogen-bond acceptors (Lipinski definition) is 8. The summed E-state index contributed by atoms with van der Waals surface area (Å²) in [6.45, 7) is 6.85. The predicted molar refractivity (Wildman–Crippen MR) is 137 cm³/mol. The molecule has 188 valence electrons. The largest absolute Gasteiger partial charge is 0.494 e. The highest BCUT2D eigenvalue weighted by Crippen LogP contribution is 2.43. The van der Waals surface area contributed by atoms with E-state index in [0.717, 1.165) is 28.0 Å². The van der Waals surface area contributed by atoms with Gasteiger partial charge in [-0.25, -0.2) is 9.97 Å². The molecule has 1 N–H and O–H groups in total. The van der Waals surface area contributed by atoms with Crippen LogP contribution in [0.25, 0.3) is 22.2 Å². The van der Waals surface area contributed by atoms with Crippen LogP contribution in [0.3, 0.4) is 0 Å². The maximum absolute atomic E-state index is 9.15. The minimum Gasteiger partial charge on any atom is -0.494 e. The van der Waals surface area contributed by atoms with Crippen molar-refractivity contribution in [3.05, 3.63) is 66.6 Å². The average Bonchev–Trinajstić information content (AvgIpc) is 3.55. The maximum atomic E-state index is 9.15. The Labute approximate surface area is 214 Å². The van der Waals surface area contributed by atoms with Crippen molar-refractivity contribution in [1.29, 1.82) is 5.26 Å². The van der Waals surface area contributed by atoms with E-state index in [1.807, 2.05) is 67.9 Å². The first-order valence-electron chi connectivity index (χ1n) is 12.3. The first-order chi connectivity index (χ1) is 18.0. The topological polar surface area (TPSA) is 103 Å². The zero-order valence-electron chi connectivity index (χ0n) is 20.8. The average molecular weight is 498 g/mol. The molecule has 0 radical (unpaired) electrons. The molecule has 2 saturated heterocycles. The van der Waals surface area contributed by atoms with E-state index in [1.165, 1.54) is 6.33 Å². The quantitative estimate of drug-likeness (QED) is 0.390. The summed E-state index contributed by atoms with van der Waals surface area (Å²) in [4.78, 5) is 9.25. The lowest BCUT2D eigenvalue weighted by Gasteiger charge is -2.23. The normalized spacial score (nSPS) is 22.1. The molecule has 2 aromatic carbocycles. The van der Waals surface area contributed by atoms with Gasteiger partial charge in [-0.15, -0.1) is 0 Å². The van der Waals surface area contributed by atoms with Crippen molar-refractivity contribution >= 4 is 22.5 Å². The van der Waals surface area contributed by atoms with E-state index < -0.39 is 12.0 Å². The molecule has 0 unspecified atom stereocenters. The van der Waals surface area contributed by atoms with Crippen LogP contribution in [0.15, 0.2) is 61.1 Å². The van der Waals surface area contributed by atoms with Gasteiger partial charge >= 0.3 is 0 Å². The van der Waals surface area contributed by atoms with Gasteiger partial charge in [0.25, 0.3) is 0 Å². The Balaban J connectivity index is 1.47. The fraction of sp³-hybridized carbons (Fsp3) is 0.321. The van der Waals surface area contributed by atoms with Gasteiger partial charge in [0.15, 0.2) is 12.0 Å². The van der Waals surface area contributed by atoms with Crippen molar-refractivity contribution < 1.29 is 18.9 Å². The molecular weight excluding hydrogens is 470 g/mol. The lowest BCUT2D eigenvalue weighted by molar-refractivity contribution is -0.183. The van der Waals surface area contributed by atoms with E-state index in [-0.39, 0.29) is 12.2 Å². The number of hydrogen-bond donors (Lipinski definition) is 1.